The van der Waals surface area contributed by atoms with Crippen molar-refractivity contribution in [2.24, 2.45) is 5.92 Å². The summed E-state index contributed by atoms with van der Waals surface area (Å²) in [6, 6.07) is 9.41. The molecule has 1 aliphatic heterocycles. The van der Waals surface area contributed by atoms with Crippen molar-refractivity contribution >= 4 is 11.8 Å². The number of carbonyl (C=O) groups excluding carboxylic acids is 2. The second-order valence-electron chi connectivity index (χ2n) is 7.63. The zero-order chi connectivity index (χ0) is 19.3. The maximum Gasteiger partial charge on any atom is 0.248 e. The minimum absolute atomic E-state index is 0.00381. The minimum Gasteiger partial charge on any atom is -0.339 e. The van der Waals surface area contributed by atoms with Crippen LogP contribution in [-0.2, 0) is 16.0 Å². The molecule has 28 heavy (non-hydrogen) atoms. The molecule has 0 N–H and O–H groups in total. The second kappa shape index (κ2) is 8.50. The topological polar surface area (TPSA) is 84.2 Å². The van der Waals surface area contributed by atoms with E-state index in [0.717, 1.165) is 31.2 Å². The minimum atomic E-state index is -0.477. The third-order valence-electron chi connectivity index (χ3n) is 5.85. The number of nitrogens with zero attached hydrogens (tertiary/aromatic N) is 6. The summed E-state index contributed by atoms with van der Waals surface area (Å²) in [5.41, 5.74) is 1.06. The SMILES string of the molecule is O=C(C1CCCC1)N1CCN(C(=O)C(Cc2ccccc2)n2cnnn2)CC1. The Morgan fingerprint density at radius 2 is 1.68 bits per heavy atom. The number of rotatable bonds is 5. The van der Waals surface area contributed by atoms with Gasteiger partial charge in [0.1, 0.15) is 12.4 Å². The fourth-order valence-electron chi connectivity index (χ4n) is 4.23. The van der Waals surface area contributed by atoms with Crippen LogP contribution in [0.5, 0.6) is 0 Å². The van der Waals surface area contributed by atoms with Gasteiger partial charge >= 0.3 is 0 Å². The van der Waals surface area contributed by atoms with Crippen molar-refractivity contribution in [1.29, 1.82) is 0 Å². The van der Waals surface area contributed by atoms with Gasteiger partial charge in [-0.3, -0.25) is 9.59 Å². The molecule has 2 fully saturated rings. The van der Waals surface area contributed by atoms with Crippen LogP contribution in [0.4, 0.5) is 0 Å². The molecule has 2 aromatic rings. The smallest absolute Gasteiger partial charge is 0.248 e. The van der Waals surface area contributed by atoms with E-state index >= 15 is 0 Å². The highest BCUT2D eigenvalue weighted by molar-refractivity contribution is 5.82. The van der Waals surface area contributed by atoms with Gasteiger partial charge in [-0.2, -0.15) is 0 Å². The largest absolute Gasteiger partial charge is 0.339 e. The molecule has 1 aliphatic carbocycles. The molecule has 0 spiro atoms. The summed E-state index contributed by atoms with van der Waals surface area (Å²) < 4.78 is 1.53. The molecular weight excluding hydrogens is 356 g/mol. The quantitative estimate of drug-likeness (QED) is 0.779. The highest BCUT2D eigenvalue weighted by Gasteiger charge is 2.33. The molecule has 1 atom stereocenters. The number of aromatic nitrogens is 4. The molecule has 8 heteroatoms. The molecule has 1 aromatic carbocycles. The van der Waals surface area contributed by atoms with E-state index in [1.807, 2.05) is 40.1 Å². The predicted molar refractivity (Wildman–Crippen MR) is 102 cm³/mol. The monoisotopic (exact) mass is 382 g/mol. The maximum atomic E-state index is 13.2. The van der Waals surface area contributed by atoms with Crippen molar-refractivity contribution in [2.75, 3.05) is 26.2 Å². The van der Waals surface area contributed by atoms with Gasteiger partial charge in [0.05, 0.1) is 0 Å². The lowest BCUT2D eigenvalue weighted by Crippen LogP contribution is -2.53. The molecule has 0 bridgehead atoms. The van der Waals surface area contributed by atoms with Crippen LogP contribution in [0.25, 0.3) is 0 Å². The number of benzene rings is 1. The summed E-state index contributed by atoms with van der Waals surface area (Å²) in [6.07, 6.45) is 6.36. The normalized spacial score (nSPS) is 19.0. The van der Waals surface area contributed by atoms with Gasteiger partial charge in [0.2, 0.25) is 11.8 Å². The Morgan fingerprint density at radius 3 is 2.32 bits per heavy atom. The Hall–Kier alpha value is -2.77. The van der Waals surface area contributed by atoms with Gasteiger partial charge in [0, 0.05) is 38.5 Å². The van der Waals surface area contributed by atoms with E-state index in [1.54, 1.807) is 0 Å². The first kappa shape index (κ1) is 18.6. The van der Waals surface area contributed by atoms with Crippen LogP contribution in [0.3, 0.4) is 0 Å². The Bertz CT molecular complexity index is 780. The van der Waals surface area contributed by atoms with Crippen molar-refractivity contribution in [3.05, 3.63) is 42.2 Å². The molecule has 148 valence electrons. The third kappa shape index (κ3) is 4.05. The fraction of sp³-hybridized carbons (Fsp3) is 0.550. The Labute approximate surface area is 164 Å². The van der Waals surface area contributed by atoms with E-state index in [0.29, 0.717) is 32.6 Å². The molecule has 8 nitrogen and oxygen atoms in total. The van der Waals surface area contributed by atoms with Gasteiger partial charge in [-0.25, -0.2) is 4.68 Å². The van der Waals surface area contributed by atoms with E-state index in [9.17, 15) is 9.59 Å². The van der Waals surface area contributed by atoms with Gasteiger partial charge in [0.15, 0.2) is 0 Å². The molecule has 1 aromatic heterocycles. The summed E-state index contributed by atoms with van der Waals surface area (Å²) in [4.78, 5) is 29.6. The lowest BCUT2D eigenvalue weighted by molar-refractivity contribution is -0.143. The van der Waals surface area contributed by atoms with E-state index in [1.165, 1.54) is 11.0 Å². The molecule has 2 aliphatic rings. The van der Waals surface area contributed by atoms with Crippen molar-refractivity contribution < 1.29 is 9.59 Å². The van der Waals surface area contributed by atoms with Crippen molar-refractivity contribution in [1.82, 2.24) is 30.0 Å². The van der Waals surface area contributed by atoms with Crippen LogP contribution in [-0.4, -0.2) is 68.0 Å². The standard InChI is InChI=1S/C20H26N6O2/c27-19(17-8-4-5-9-17)24-10-12-25(13-11-24)20(28)18(26-15-21-22-23-26)14-16-6-2-1-3-7-16/h1-3,6-7,15,17-18H,4-5,8-14H2. The number of amides is 2. The van der Waals surface area contributed by atoms with Crippen LogP contribution >= 0.6 is 0 Å². The van der Waals surface area contributed by atoms with E-state index in [-0.39, 0.29) is 17.7 Å². The van der Waals surface area contributed by atoms with Crippen molar-refractivity contribution in [3.63, 3.8) is 0 Å². The molecule has 1 saturated heterocycles. The highest BCUT2D eigenvalue weighted by Crippen LogP contribution is 2.27. The van der Waals surface area contributed by atoms with Crippen molar-refractivity contribution in [3.8, 4) is 0 Å². The molecule has 4 rings (SSSR count). The highest BCUT2D eigenvalue weighted by atomic mass is 16.2. The summed E-state index contributed by atoms with van der Waals surface area (Å²) >= 11 is 0. The van der Waals surface area contributed by atoms with E-state index < -0.39 is 6.04 Å². The van der Waals surface area contributed by atoms with Crippen LogP contribution in [0.15, 0.2) is 36.7 Å². The molecular formula is C20H26N6O2. The van der Waals surface area contributed by atoms with Gasteiger partial charge in [-0.1, -0.05) is 43.2 Å². The fourth-order valence-corrected chi connectivity index (χ4v) is 4.23. The first-order valence-corrected chi connectivity index (χ1v) is 10.1. The van der Waals surface area contributed by atoms with Crippen LogP contribution in [0, 0.1) is 5.92 Å². The third-order valence-corrected chi connectivity index (χ3v) is 5.85. The number of hydrogen-bond donors (Lipinski definition) is 0. The van der Waals surface area contributed by atoms with Crippen LogP contribution in [0.1, 0.15) is 37.3 Å². The Balaban J connectivity index is 1.41. The first-order chi connectivity index (χ1) is 13.7. The number of piperazine rings is 1. The Morgan fingerprint density at radius 1 is 1.00 bits per heavy atom. The zero-order valence-electron chi connectivity index (χ0n) is 16.0. The average Bonchev–Trinajstić information content (AvgIpc) is 3.46. The van der Waals surface area contributed by atoms with Crippen LogP contribution in [0.2, 0.25) is 0 Å². The maximum absolute atomic E-state index is 13.2. The predicted octanol–water partition coefficient (Wildman–Crippen LogP) is 1.32. The summed E-state index contributed by atoms with van der Waals surface area (Å²) in [5, 5.41) is 11.4. The van der Waals surface area contributed by atoms with Gasteiger partial charge < -0.3 is 9.80 Å². The summed E-state index contributed by atoms with van der Waals surface area (Å²) in [7, 11) is 0. The molecule has 1 unspecified atom stereocenters. The Kier molecular flexibility index (Phi) is 5.64. The van der Waals surface area contributed by atoms with E-state index in [4.69, 9.17) is 0 Å². The molecule has 1 saturated carbocycles. The van der Waals surface area contributed by atoms with Gasteiger partial charge in [-0.15, -0.1) is 5.10 Å². The molecule has 0 radical (unpaired) electrons. The lowest BCUT2D eigenvalue weighted by Gasteiger charge is -2.37. The van der Waals surface area contributed by atoms with Crippen molar-refractivity contribution in [2.45, 2.75) is 38.1 Å². The van der Waals surface area contributed by atoms with E-state index in [2.05, 4.69) is 15.5 Å². The van der Waals surface area contributed by atoms with Gasteiger partial charge in [-0.05, 0) is 28.8 Å². The molecule has 2 heterocycles. The number of carbonyl (C=O) groups is 2. The summed E-state index contributed by atoms with van der Waals surface area (Å²) in [6.45, 7) is 2.33. The average molecular weight is 382 g/mol. The zero-order valence-corrected chi connectivity index (χ0v) is 16.0. The number of tetrazole rings is 1. The summed E-state index contributed by atoms with van der Waals surface area (Å²) in [5.74, 6) is 0.462. The first-order valence-electron chi connectivity index (χ1n) is 10.1. The second-order valence-corrected chi connectivity index (χ2v) is 7.63. The number of hydrogen-bond acceptors (Lipinski definition) is 5. The van der Waals surface area contributed by atoms with Crippen LogP contribution < -0.4 is 0 Å². The molecule has 2 amide bonds. The van der Waals surface area contributed by atoms with Gasteiger partial charge in [0.25, 0.3) is 0 Å². The lowest BCUT2D eigenvalue weighted by atomic mass is 10.0.